The average molecular weight is 217 g/mol. The van der Waals surface area contributed by atoms with Gasteiger partial charge in [0, 0.05) is 12.5 Å². The van der Waals surface area contributed by atoms with Gasteiger partial charge in [0.1, 0.15) is 0 Å². The minimum atomic E-state index is -0.491. The lowest BCUT2D eigenvalue weighted by molar-refractivity contribution is 0.0511. The summed E-state index contributed by atoms with van der Waals surface area (Å²) in [5, 5.41) is 8.68. The smallest absolute Gasteiger partial charge is 0.399 e. The van der Waals surface area contributed by atoms with Gasteiger partial charge in [-0.25, -0.2) is 4.79 Å². The molecule has 0 aliphatic rings. The fourth-order valence-electron chi connectivity index (χ4n) is 1.13. The second-order valence-corrected chi connectivity index (χ2v) is 3.46. The van der Waals surface area contributed by atoms with Gasteiger partial charge in [0.2, 0.25) is 5.39 Å². The zero-order valence-electron chi connectivity index (χ0n) is 9.14. The fourth-order valence-corrected chi connectivity index (χ4v) is 1.13. The number of diazo groups is 1. The predicted molar refractivity (Wildman–Crippen MR) is 60.9 cm³/mol. The third kappa shape index (κ3) is 3.21. The molecule has 0 radical (unpaired) electrons. The van der Waals surface area contributed by atoms with Crippen molar-refractivity contribution in [2.24, 2.45) is 0 Å². The van der Waals surface area contributed by atoms with Crippen molar-refractivity contribution in [2.75, 3.05) is 6.61 Å². The summed E-state index contributed by atoms with van der Waals surface area (Å²) in [5.41, 5.74) is 1.42. The van der Waals surface area contributed by atoms with Crippen molar-refractivity contribution >= 4 is 11.7 Å². The minimum Gasteiger partial charge on any atom is -0.462 e. The number of rotatable bonds is 4. The molecule has 1 rings (SSSR count). The molecule has 0 amide bonds. The quantitative estimate of drug-likeness (QED) is 0.441. The third-order valence-electron chi connectivity index (χ3n) is 1.99. The van der Waals surface area contributed by atoms with Crippen LogP contribution in [-0.4, -0.2) is 12.6 Å². The Morgan fingerprint density at radius 2 is 2.19 bits per heavy atom. The highest BCUT2D eigenvalue weighted by Gasteiger charge is 2.20. The first-order valence-electron chi connectivity index (χ1n) is 4.90. The maximum Gasteiger partial charge on any atom is 0.399 e. The zero-order chi connectivity index (χ0) is 12.0. The Kier molecular flexibility index (Phi) is 4.22. The van der Waals surface area contributed by atoms with Crippen molar-refractivity contribution in [3.05, 3.63) is 47.0 Å². The molecule has 0 N–H and O–H groups in total. The summed E-state index contributed by atoms with van der Waals surface area (Å²) in [6.07, 6.45) is 0.629. The van der Waals surface area contributed by atoms with Crippen molar-refractivity contribution in [3.8, 4) is 0 Å². The van der Waals surface area contributed by atoms with E-state index < -0.39 is 5.97 Å². The van der Waals surface area contributed by atoms with E-state index in [1.807, 2.05) is 6.92 Å². The molecule has 0 aliphatic carbocycles. The maximum atomic E-state index is 11.6. The van der Waals surface area contributed by atoms with E-state index in [2.05, 4.69) is 11.6 Å². The van der Waals surface area contributed by atoms with Crippen LogP contribution in [0.15, 0.2) is 36.4 Å². The van der Waals surface area contributed by atoms with Crippen molar-refractivity contribution in [3.63, 3.8) is 0 Å². The van der Waals surface area contributed by atoms with E-state index in [0.717, 1.165) is 5.57 Å². The molecule has 1 aromatic rings. The monoisotopic (exact) mass is 217 g/mol. The van der Waals surface area contributed by atoms with Gasteiger partial charge >= 0.3 is 11.7 Å². The molecule has 0 atom stereocenters. The lowest BCUT2D eigenvalue weighted by Crippen LogP contribution is -2.06. The summed E-state index contributed by atoms with van der Waals surface area (Å²) in [4.78, 5) is 14.6. The van der Waals surface area contributed by atoms with Crippen LogP contribution in [0.4, 0.5) is 5.69 Å². The van der Waals surface area contributed by atoms with Crippen LogP contribution in [0.3, 0.4) is 0 Å². The summed E-state index contributed by atoms with van der Waals surface area (Å²) >= 11 is 0. The van der Waals surface area contributed by atoms with Crippen LogP contribution in [-0.2, 0) is 4.74 Å². The lowest BCUT2D eigenvalue weighted by Gasteiger charge is -2.02. The normalized spacial score (nSPS) is 9.25. The molecule has 4 heteroatoms. The maximum absolute atomic E-state index is 11.6. The zero-order valence-corrected chi connectivity index (χ0v) is 9.14. The first-order valence-corrected chi connectivity index (χ1v) is 4.90. The fraction of sp³-hybridized carbons (Fsp3) is 0.250. The van der Waals surface area contributed by atoms with Gasteiger partial charge in [-0.2, -0.15) is 0 Å². The molecule has 0 aromatic heterocycles. The van der Waals surface area contributed by atoms with Crippen LogP contribution < -0.4 is 0 Å². The Bertz CT molecular complexity index is 447. The van der Waals surface area contributed by atoms with Gasteiger partial charge < -0.3 is 4.74 Å². The first-order chi connectivity index (χ1) is 7.65. The second kappa shape index (κ2) is 5.66. The molecule has 0 heterocycles. The van der Waals surface area contributed by atoms with Gasteiger partial charge in [-0.05, 0) is 13.0 Å². The molecule has 82 valence electrons. The van der Waals surface area contributed by atoms with Crippen LogP contribution in [0.2, 0.25) is 0 Å². The van der Waals surface area contributed by atoms with Gasteiger partial charge in [-0.15, -0.1) is 6.58 Å². The molecule has 0 aliphatic heterocycles. The minimum absolute atomic E-state index is 0.211. The topological polar surface area (TPSA) is 54.5 Å². The van der Waals surface area contributed by atoms with Gasteiger partial charge in [0.25, 0.3) is 0 Å². The Morgan fingerprint density at radius 3 is 2.81 bits per heavy atom. The molecule has 0 unspecified atom stereocenters. The standard InChI is InChI=1S/C12H13N2O2/c1-9(2)7-8-16-12(15)10-5-3-4-6-11(10)14-13/h3-6H,1,7-8H2,2H3/q+1. The number of esters is 1. The Morgan fingerprint density at radius 1 is 1.50 bits per heavy atom. The van der Waals surface area contributed by atoms with Crippen LogP contribution in [0.25, 0.3) is 4.98 Å². The number of benzene rings is 1. The first kappa shape index (κ1) is 11.9. The van der Waals surface area contributed by atoms with Crippen LogP contribution in [0.5, 0.6) is 0 Å². The molecule has 0 fully saturated rings. The van der Waals surface area contributed by atoms with Crippen molar-refractivity contribution in [1.82, 2.24) is 0 Å². The highest BCUT2D eigenvalue weighted by molar-refractivity contribution is 5.95. The van der Waals surface area contributed by atoms with Gasteiger partial charge in [-0.3, -0.25) is 0 Å². The number of ether oxygens (including phenoxy) is 1. The van der Waals surface area contributed by atoms with Crippen molar-refractivity contribution in [1.29, 1.82) is 5.39 Å². The van der Waals surface area contributed by atoms with Gasteiger partial charge in [0.15, 0.2) is 10.5 Å². The van der Waals surface area contributed by atoms with E-state index >= 15 is 0 Å². The summed E-state index contributed by atoms with van der Waals surface area (Å²) in [6, 6.07) is 6.46. The Hall–Kier alpha value is -2.15. The molecule has 16 heavy (non-hydrogen) atoms. The molecule has 1 aromatic carbocycles. The summed E-state index contributed by atoms with van der Waals surface area (Å²) in [7, 11) is 0. The average Bonchev–Trinajstić information content (AvgIpc) is 2.28. The molecular weight excluding hydrogens is 204 g/mol. The predicted octanol–water partition coefficient (Wildman–Crippen LogP) is 3.29. The van der Waals surface area contributed by atoms with E-state index in [4.69, 9.17) is 10.1 Å². The van der Waals surface area contributed by atoms with Gasteiger partial charge in [-0.1, -0.05) is 17.7 Å². The number of hydrogen-bond acceptors (Lipinski definition) is 3. The summed E-state index contributed by atoms with van der Waals surface area (Å²) in [5.74, 6) is -0.491. The largest absolute Gasteiger partial charge is 0.462 e. The van der Waals surface area contributed by atoms with E-state index in [0.29, 0.717) is 6.42 Å². The van der Waals surface area contributed by atoms with Gasteiger partial charge in [0.05, 0.1) is 6.61 Å². The second-order valence-electron chi connectivity index (χ2n) is 3.46. The van der Waals surface area contributed by atoms with Crippen LogP contribution in [0, 0.1) is 5.39 Å². The lowest BCUT2D eigenvalue weighted by atomic mass is 10.2. The third-order valence-corrected chi connectivity index (χ3v) is 1.99. The van der Waals surface area contributed by atoms with Crippen LogP contribution in [0.1, 0.15) is 23.7 Å². The molecule has 0 bridgehead atoms. The highest BCUT2D eigenvalue weighted by atomic mass is 16.5. The Balaban J connectivity index is 2.67. The number of carbonyl (C=O) groups excluding carboxylic acids is 1. The van der Waals surface area contributed by atoms with Crippen molar-refractivity contribution in [2.45, 2.75) is 13.3 Å². The number of carbonyl (C=O) groups is 1. The van der Waals surface area contributed by atoms with E-state index in [1.165, 1.54) is 6.07 Å². The molecule has 0 saturated carbocycles. The van der Waals surface area contributed by atoms with Crippen LogP contribution >= 0.6 is 0 Å². The number of hydrogen-bond donors (Lipinski definition) is 0. The number of nitrogens with zero attached hydrogens (tertiary/aromatic N) is 2. The highest BCUT2D eigenvalue weighted by Crippen LogP contribution is 2.19. The SMILES string of the molecule is C=C(C)CCOC(=O)c1ccccc1[N+]#N. The molecule has 4 nitrogen and oxygen atoms in total. The van der Waals surface area contributed by atoms with E-state index in [1.54, 1.807) is 18.2 Å². The van der Waals surface area contributed by atoms with E-state index in [-0.39, 0.29) is 17.9 Å². The van der Waals surface area contributed by atoms with Crippen molar-refractivity contribution < 1.29 is 9.53 Å². The molecule has 0 saturated heterocycles. The van der Waals surface area contributed by atoms with E-state index in [9.17, 15) is 4.79 Å². The molecular formula is C12H13N2O2+. The molecule has 0 spiro atoms. The Labute approximate surface area is 94.2 Å². The summed E-state index contributed by atoms with van der Waals surface area (Å²) < 4.78 is 5.01. The summed E-state index contributed by atoms with van der Waals surface area (Å²) in [6.45, 7) is 5.86.